The van der Waals surface area contributed by atoms with E-state index in [-0.39, 0.29) is 11.5 Å². The van der Waals surface area contributed by atoms with Crippen LogP contribution in [0, 0.1) is 12.8 Å². The Bertz CT molecular complexity index is 694. The number of carboxylic acids is 1. The fourth-order valence-corrected chi connectivity index (χ4v) is 1.69. The van der Waals surface area contributed by atoms with Crippen molar-refractivity contribution in [2.24, 2.45) is 11.7 Å². The van der Waals surface area contributed by atoms with Gasteiger partial charge >= 0.3 is 11.6 Å². The van der Waals surface area contributed by atoms with Gasteiger partial charge in [0.1, 0.15) is 24.2 Å². The van der Waals surface area contributed by atoms with Gasteiger partial charge in [-0.05, 0) is 18.4 Å². The highest BCUT2D eigenvalue weighted by Gasteiger charge is 2.14. The van der Waals surface area contributed by atoms with Crippen molar-refractivity contribution in [1.29, 1.82) is 0 Å². The molecule has 0 saturated heterocycles. The maximum Gasteiger partial charge on any atom is 0.339 e. The van der Waals surface area contributed by atoms with Crippen LogP contribution in [-0.2, 0) is 11.4 Å². The van der Waals surface area contributed by atoms with E-state index in [2.05, 4.69) is 0 Å². The summed E-state index contributed by atoms with van der Waals surface area (Å²) in [7, 11) is 0. The van der Waals surface area contributed by atoms with Crippen LogP contribution in [0.4, 0.5) is 0 Å². The Morgan fingerprint density at radius 3 is 2.33 bits per heavy atom. The van der Waals surface area contributed by atoms with Crippen LogP contribution in [0.1, 0.15) is 25.2 Å². The quantitative estimate of drug-likeness (QED) is 0.872. The second kappa shape index (κ2) is 9.52. The van der Waals surface area contributed by atoms with E-state index in [1.54, 1.807) is 26.8 Å². The summed E-state index contributed by atoms with van der Waals surface area (Å²) in [5.74, 6) is 0.181. The van der Waals surface area contributed by atoms with E-state index in [9.17, 15) is 9.59 Å². The third kappa shape index (κ3) is 7.11. The van der Waals surface area contributed by atoms with Gasteiger partial charge in [-0.1, -0.05) is 44.2 Å². The number of hydrogen-bond donors (Lipinski definition) is 2. The monoisotopic (exact) mass is 333 g/mol. The lowest BCUT2D eigenvalue weighted by atomic mass is 10.1. The van der Waals surface area contributed by atoms with Crippen molar-refractivity contribution in [3.8, 4) is 5.75 Å². The predicted octanol–water partition coefficient (Wildman–Crippen LogP) is 2.58. The van der Waals surface area contributed by atoms with E-state index in [1.807, 2.05) is 30.3 Å². The zero-order valence-corrected chi connectivity index (χ0v) is 14.1. The smallest absolute Gasteiger partial charge is 0.339 e. The molecule has 0 fully saturated rings. The Balaban J connectivity index is 0.000000307. The summed E-state index contributed by atoms with van der Waals surface area (Å²) in [5.41, 5.74) is 5.84. The molecule has 6 nitrogen and oxygen atoms in total. The zero-order valence-electron chi connectivity index (χ0n) is 14.1. The summed E-state index contributed by atoms with van der Waals surface area (Å²) in [4.78, 5) is 21.1. The Labute approximate surface area is 140 Å². The molecular formula is C18H23NO5. The predicted molar refractivity (Wildman–Crippen MR) is 90.9 cm³/mol. The van der Waals surface area contributed by atoms with Gasteiger partial charge in [0.25, 0.3) is 0 Å². The number of hydrogen-bond acceptors (Lipinski definition) is 5. The summed E-state index contributed by atoms with van der Waals surface area (Å²) < 4.78 is 10.3. The fraction of sp³-hybridized carbons (Fsp3) is 0.333. The van der Waals surface area contributed by atoms with Gasteiger partial charge in [-0.25, -0.2) is 4.79 Å². The highest BCUT2D eigenvalue weighted by Crippen LogP contribution is 2.11. The van der Waals surface area contributed by atoms with Crippen molar-refractivity contribution >= 4 is 5.97 Å². The van der Waals surface area contributed by atoms with Crippen LogP contribution in [0.15, 0.2) is 51.7 Å². The first kappa shape index (κ1) is 19.4. The highest BCUT2D eigenvalue weighted by atomic mass is 16.5. The Morgan fingerprint density at radius 1 is 1.25 bits per heavy atom. The molecule has 0 spiro atoms. The first-order valence-corrected chi connectivity index (χ1v) is 7.56. The largest absolute Gasteiger partial charge is 0.489 e. The number of carbonyl (C=O) groups is 1. The van der Waals surface area contributed by atoms with Crippen molar-refractivity contribution in [3.05, 3.63) is 64.2 Å². The minimum Gasteiger partial charge on any atom is -0.489 e. The molecule has 0 aliphatic heterocycles. The minimum atomic E-state index is -0.931. The summed E-state index contributed by atoms with van der Waals surface area (Å²) >= 11 is 0. The molecule has 1 heterocycles. The van der Waals surface area contributed by atoms with Gasteiger partial charge < -0.3 is 20.0 Å². The summed E-state index contributed by atoms with van der Waals surface area (Å²) in [6.45, 7) is 5.72. The molecule has 0 amide bonds. The summed E-state index contributed by atoms with van der Waals surface area (Å²) in [6, 6.07) is 12.1. The molecule has 0 bridgehead atoms. The number of aliphatic carboxylic acids is 1. The van der Waals surface area contributed by atoms with Crippen LogP contribution in [-0.4, -0.2) is 17.1 Å². The molecule has 24 heavy (non-hydrogen) atoms. The normalized spacial score (nSPS) is 11.4. The molecule has 130 valence electrons. The summed E-state index contributed by atoms with van der Waals surface area (Å²) in [6.07, 6.45) is 0. The van der Waals surface area contributed by atoms with Gasteiger partial charge in [-0.15, -0.1) is 0 Å². The molecule has 3 N–H and O–H groups in total. The van der Waals surface area contributed by atoms with E-state index in [0.717, 1.165) is 5.56 Å². The molecule has 0 radical (unpaired) electrons. The molecule has 0 aliphatic carbocycles. The third-order valence-corrected chi connectivity index (χ3v) is 3.12. The average Bonchev–Trinajstić information content (AvgIpc) is 2.52. The molecule has 1 aromatic heterocycles. The van der Waals surface area contributed by atoms with Crippen LogP contribution >= 0.6 is 0 Å². The van der Waals surface area contributed by atoms with Crippen LogP contribution < -0.4 is 16.1 Å². The molecule has 2 rings (SSSR count). The first-order chi connectivity index (χ1) is 11.3. The van der Waals surface area contributed by atoms with Crippen molar-refractivity contribution in [1.82, 2.24) is 0 Å². The van der Waals surface area contributed by atoms with Crippen LogP contribution in [0.5, 0.6) is 5.75 Å². The lowest BCUT2D eigenvalue weighted by Crippen LogP contribution is -2.34. The molecular weight excluding hydrogens is 310 g/mol. The Kier molecular flexibility index (Phi) is 7.71. The van der Waals surface area contributed by atoms with Gasteiger partial charge in [0.15, 0.2) is 0 Å². The lowest BCUT2D eigenvalue weighted by Gasteiger charge is -2.07. The van der Waals surface area contributed by atoms with Gasteiger partial charge in [0.2, 0.25) is 0 Å². The van der Waals surface area contributed by atoms with E-state index in [0.29, 0.717) is 18.1 Å². The van der Waals surface area contributed by atoms with Crippen molar-refractivity contribution in [3.63, 3.8) is 0 Å². The number of nitrogens with two attached hydrogens (primary N) is 1. The van der Waals surface area contributed by atoms with Gasteiger partial charge in [0.05, 0.1) is 6.07 Å². The highest BCUT2D eigenvalue weighted by molar-refractivity contribution is 5.73. The molecule has 0 aliphatic rings. The molecule has 0 unspecified atom stereocenters. The standard InChI is InChI=1S/C13H12O3.C5H11NO2/c1-10-7-12(8-13(14)16-10)15-9-11-5-3-2-4-6-11;1-3(2)4(6)5(7)8/h2-8H,9H2,1H3;3-4H,6H2,1-2H3,(H,7,8)/t;4-/m.0/s1. The van der Waals surface area contributed by atoms with Gasteiger partial charge in [-0.2, -0.15) is 0 Å². The number of rotatable bonds is 5. The van der Waals surface area contributed by atoms with E-state index >= 15 is 0 Å². The second-order valence-electron chi connectivity index (χ2n) is 5.61. The van der Waals surface area contributed by atoms with Crippen molar-refractivity contribution < 1.29 is 19.1 Å². The minimum absolute atomic E-state index is 0.0208. The van der Waals surface area contributed by atoms with Crippen LogP contribution in [0.3, 0.4) is 0 Å². The topological polar surface area (TPSA) is 103 Å². The van der Waals surface area contributed by atoms with Gasteiger partial charge in [-0.3, -0.25) is 4.79 Å². The van der Waals surface area contributed by atoms with Crippen LogP contribution in [0.25, 0.3) is 0 Å². The third-order valence-electron chi connectivity index (χ3n) is 3.12. The Hall–Kier alpha value is -2.60. The number of aryl methyl sites for hydroxylation is 1. The average molecular weight is 333 g/mol. The molecule has 2 aromatic rings. The van der Waals surface area contributed by atoms with Crippen molar-refractivity contribution in [2.75, 3.05) is 0 Å². The maximum atomic E-state index is 11.1. The molecule has 1 atom stereocenters. The van der Waals surface area contributed by atoms with Crippen LogP contribution in [0.2, 0.25) is 0 Å². The van der Waals surface area contributed by atoms with E-state index < -0.39 is 12.0 Å². The maximum absolute atomic E-state index is 11.1. The van der Waals surface area contributed by atoms with E-state index in [4.69, 9.17) is 20.0 Å². The van der Waals surface area contributed by atoms with E-state index in [1.165, 1.54) is 6.07 Å². The van der Waals surface area contributed by atoms with Crippen molar-refractivity contribution in [2.45, 2.75) is 33.4 Å². The van der Waals surface area contributed by atoms with Gasteiger partial charge in [0, 0.05) is 6.07 Å². The number of carboxylic acid groups (broad SMARTS) is 1. The summed E-state index contributed by atoms with van der Waals surface area (Å²) in [5, 5.41) is 8.23. The zero-order chi connectivity index (χ0) is 18.1. The Morgan fingerprint density at radius 2 is 1.88 bits per heavy atom. The molecule has 0 saturated carbocycles. The number of ether oxygens (including phenoxy) is 1. The fourth-order valence-electron chi connectivity index (χ4n) is 1.69. The SMILES string of the molecule is CC(C)[C@H](N)C(=O)O.Cc1cc(OCc2ccccc2)cc(=O)o1. The second-order valence-corrected chi connectivity index (χ2v) is 5.61. The first-order valence-electron chi connectivity index (χ1n) is 7.56. The molecule has 1 aromatic carbocycles. The lowest BCUT2D eigenvalue weighted by molar-refractivity contribution is -0.139. The number of benzene rings is 1. The molecule has 6 heteroatoms.